The van der Waals surface area contributed by atoms with Crippen LogP contribution in [0.2, 0.25) is 0 Å². The van der Waals surface area contributed by atoms with E-state index in [1.54, 1.807) is 11.5 Å². The van der Waals surface area contributed by atoms with Gasteiger partial charge in [0.15, 0.2) is 0 Å². The zero-order valence-electron chi connectivity index (χ0n) is 9.99. The average molecular weight is 258 g/mol. The van der Waals surface area contributed by atoms with E-state index < -0.39 is 11.9 Å². The molecule has 0 spiro atoms. The van der Waals surface area contributed by atoms with Crippen LogP contribution in [0, 0.1) is 0 Å². The van der Waals surface area contributed by atoms with Gasteiger partial charge in [0.25, 0.3) is 0 Å². The van der Waals surface area contributed by atoms with E-state index in [0.717, 1.165) is 12.3 Å². The molecule has 98 valence electrons. The molecule has 0 aliphatic carbocycles. The predicted molar refractivity (Wildman–Crippen MR) is 60.8 cm³/mol. The van der Waals surface area contributed by atoms with Gasteiger partial charge in [-0.15, -0.1) is 0 Å². The molecule has 0 aromatic carbocycles. The van der Waals surface area contributed by atoms with E-state index >= 15 is 0 Å². The molecule has 0 saturated heterocycles. The smallest absolute Gasteiger partial charge is 0.327 e. The quantitative estimate of drug-likeness (QED) is 0.900. The van der Waals surface area contributed by atoms with Gasteiger partial charge in [-0.25, -0.2) is 9.97 Å². The van der Waals surface area contributed by atoms with Gasteiger partial charge in [-0.2, -0.15) is 13.2 Å². The summed E-state index contributed by atoms with van der Waals surface area (Å²) in [6.07, 6.45) is -3.32. The lowest BCUT2D eigenvalue weighted by Crippen LogP contribution is -2.13. The first-order valence-corrected chi connectivity index (χ1v) is 5.53. The van der Waals surface area contributed by atoms with Crippen molar-refractivity contribution in [1.29, 1.82) is 0 Å². The Morgan fingerprint density at radius 1 is 1.44 bits per heavy atom. The van der Waals surface area contributed by atoms with Crippen LogP contribution in [0.4, 0.5) is 13.2 Å². The summed E-state index contributed by atoms with van der Waals surface area (Å²) in [5, 5.41) is 0. The van der Waals surface area contributed by atoms with Crippen molar-refractivity contribution < 1.29 is 13.2 Å². The molecule has 7 heteroatoms. The lowest BCUT2D eigenvalue weighted by Gasteiger charge is -2.09. The number of rotatable bonds is 2. The molecule has 1 atom stereocenters. The summed E-state index contributed by atoms with van der Waals surface area (Å²) in [7, 11) is 0. The van der Waals surface area contributed by atoms with Gasteiger partial charge in [-0.1, -0.05) is 0 Å². The van der Waals surface area contributed by atoms with Gasteiger partial charge < -0.3 is 10.3 Å². The number of halogens is 3. The Hall–Kier alpha value is -1.63. The topological polar surface area (TPSA) is 56.7 Å². The minimum absolute atomic E-state index is 0.341. The van der Waals surface area contributed by atoms with Crippen LogP contribution in [-0.2, 0) is 12.7 Å². The van der Waals surface area contributed by atoms with Crippen LogP contribution in [0.25, 0.3) is 11.0 Å². The van der Waals surface area contributed by atoms with Crippen molar-refractivity contribution in [2.75, 3.05) is 0 Å². The molecule has 2 aromatic heterocycles. The molecule has 2 aromatic rings. The number of aryl methyl sites for hydroxylation is 1. The van der Waals surface area contributed by atoms with Gasteiger partial charge in [-0.3, -0.25) is 0 Å². The zero-order chi connectivity index (χ0) is 13.5. The molecule has 0 bridgehead atoms. The van der Waals surface area contributed by atoms with Gasteiger partial charge in [0.1, 0.15) is 17.0 Å². The largest absolute Gasteiger partial charge is 0.433 e. The number of imidazole rings is 1. The Bertz CT molecular complexity index is 571. The molecule has 2 rings (SSSR count). The average Bonchev–Trinajstić information content (AvgIpc) is 2.65. The Morgan fingerprint density at radius 3 is 2.61 bits per heavy atom. The van der Waals surface area contributed by atoms with Crippen molar-refractivity contribution >= 4 is 11.0 Å². The standard InChI is InChI=1S/C11H13F3N4/c1-3-18-8-4-9(11(12,13)14)16-5-7(8)17-10(18)6(2)15/h4-6H,3,15H2,1-2H3. The van der Waals surface area contributed by atoms with Gasteiger partial charge in [0.05, 0.1) is 17.8 Å². The molecule has 0 aliphatic heterocycles. The number of alkyl halides is 3. The van der Waals surface area contributed by atoms with Crippen molar-refractivity contribution in [2.24, 2.45) is 5.73 Å². The maximum Gasteiger partial charge on any atom is 0.433 e. The van der Waals surface area contributed by atoms with Crippen molar-refractivity contribution in [3.05, 3.63) is 23.8 Å². The number of hydrogen-bond acceptors (Lipinski definition) is 3. The maximum absolute atomic E-state index is 12.6. The summed E-state index contributed by atoms with van der Waals surface area (Å²) in [6, 6.07) is 0.671. The molecule has 0 radical (unpaired) electrons. The molecule has 0 amide bonds. The van der Waals surface area contributed by atoms with E-state index in [1.165, 1.54) is 0 Å². The predicted octanol–water partition coefficient (Wildman–Crippen LogP) is 2.49. The van der Waals surface area contributed by atoms with Crippen LogP contribution in [0.15, 0.2) is 12.3 Å². The summed E-state index contributed by atoms with van der Waals surface area (Å²) in [5.41, 5.74) is 5.67. The molecule has 18 heavy (non-hydrogen) atoms. The van der Waals surface area contributed by atoms with Crippen molar-refractivity contribution in [1.82, 2.24) is 14.5 Å². The first kappa shape index (κ1) is 12.8. The molecule has 1 unspecified atom stereocenters. The fourth-order valence-electron chi connectivity index (χ4n) is 1.88. The van der Waals surface area contributed by atoms with Crippen molar-refractivity contribution in [2.45, 2.75) is 32.6 Å². The van der Waals surface area contributed by atoms with Gasteiger partial charge >= 0.3 is 6.18 Å². The maximum atomic E-state index is 12.6. The normalized spacial score (nSPS) is 14.1. The van der Waals surface area contributed by atoms with Gasteiger partial charge in [0.2, 0.25) is 0 Å². The lowest BCUT2D eigenvalue weighted by atomic mass is 10.3. The highest BCUT2D eigenvalue weighted by Crippen LogP contribution is 2.30. The lowest BCUT2D eigenvalue weighted by molar-refractivity contribution is -0.141. The van der Waals surface area contributed by atoms with Crippen LogP contribution >= 0.6 is 0 Å². The SMILES string of the molecule is CCn1c(C(C)N)nc2cnc(C(F)(F)F)cc21. The fourth-order valence-corrected chi connectivity index (χ4v) is 1.88. The van der Waals surface area contributed by atoms with Crippen LogP contribution in [-0.4, -0.2) is 14.5 Å². The van der Waals surface area contributed by atoms with Crippen LogP contribution in [0.1, 0.15) is 31.4 Å². The first-order valence-electron chi connectivity index (χ1n) is 5.53. The van der Waals surface area contributed by atoms with Crippen LogP contribution < -0.4 is 5.73 Å². The summed E-state index contributed by atoms with van der Waals surface area (Å²) < 4.78 is 39.5. The van der Waals surface area contributed by atoms with E-state index in [2.05, 4.69) is 9.97 Å². The number of nitrogens with two attached hydrogens (primary N) is 1. The molecule has 2 heterocycles. The second-order valence-electron chi connectivity index (χ2n) is 4.06. The van der Waals surface area contributed by atoms with Crippen LogP contribution in [0.5, 0.6) is 0 Å². The molecule has 0 fully saturated rings. The highest BCUT2D eigenvalue weighted by molar-refractivity contribution is 5.75. The number of fused-ring (bicyclic) bond motifs is 1. The highest BCUT2D eigenvalue weighted by Gasteiger charge is 2.33. The zero-order valence-corrected chi connectivity index (χ0v) is 9.99. The van der Waals surface area contributed by atoms with E-state index in [4.69, 9.17) is 5.73 Å². The number of hydrogen-bond donors (Lipinski definition) is 1. The van der Waals surface area contributed by atoms with E-state index in [9.17, 15) is 13.2 Å². The molecule has 4 nitrogen and oxygen atoms in total. The van der Waals surface area contributed by atoms with Crippen molar-refractivity contribution in [3.63, 3.8) is 0 Å². The second kappa shape index (κ2) is 4.24. The third-order valence-corrected chi connectivity index (χ3v) is 2.68. The third kappa shape index (κ3) is 2.05. The second-order valence-corrected chi connectivity index (χ2v) is 4.06. The van der Waals surface area contributed by atoms with E-state index in [0.29, 0.717) is 23.4 Å². The summed E-state index contributed by atoms with van der Waals surface area (Å²) in [6.45, 7) is 4.08. The highest BCUT2D eigenvalue weighted by atomic mass is 19.4. The molecule has 0 saturated carbocycles. The fraction of sp³-hybridized carbons (Fsp3) is 0.455. The van der Waals surface area contributed by atoms with Gasteiger partial charge in [0, 0.05) is 6.54 Å². The number of pyridine rings is 1. The minimum Gasteiger partial charge on any atom is -0.327 e. The van der Waals surface area contributed by atoms with E-state index in [1.807, 2.05) is 6.92 Å². The number of aromatic nitrogens is 3. The Balaban J connectivity index is 2.68. The minimum atomic E-state index is -4.45. The van der Waals surface area contributed by atoms with Crippen LogP contribution in [0.3, 0.4) is 0 Å². The Morgan fingerprint density at radius 2 is 2.11 bits per heavy atom. The monoisotopic (exact) mass is 258 g/mol. The summed E-state index contributed by atoms with van der Waals surface area (Å²) in [5.74, 6) is 0.564. The molecule has 0 aliphatic rings. The van der Waals surface area contributed by atoms with Gasteiger partial charge in [-0.05, 0) is 19.9 Å². The van der Waals surface area contributed by atoms with E-state index in [-0.39, 0.29) is 6.04 Å². The van der Waals surface area contributed by atoms with Crippen molar-refractivity contribution in [3.8, 4) is 0 Å². The Kier molecular flexibility index (Phi) is 3.02. The molecular weight excluding hydrogens is 245 g/mol. The molecule has 2 N–H and O–H groups in total. The Labute approximate surface area is 102 Å². The summed E-state index contributed by atoms with van der Waals surface area (Å²) >= 11 is 0. The summed E-state index contributed by atoms with van der Waals surface area (Å²) in [4.78, 5) is 7.60. The number of nitrogens with zero attached hydrogens (tertiary/aromatic N) is 3. The molecular formula is C11H13F3N4. The first-order chi connectivity index (χ1) is 8.34. The third-order valence-electron chi connectivity index (χ3n) is 2.68.